The van der Waals surface area contributed by atoms with E-state index in [1.165, 1.54) is 0 Å². The number of Topliss-reactive ketones (excluding diaryl/α,β-unsaturated/α-hetero) is 1. The number of carbonyl (C=O) groups excluding carboxylic acids is 1. The molecule has 0 aromatic carbocycles. The lowest BCUT2D eigenvalue weighted by Crippen LogP contribution is -2.45. The molecule has 0 aliphatic carbocycles. The van der Waals surface area contributed by atoms with Crippen molar-refractivity contribution in [2.45, 2.75) is 51.9 Å². The maximum Gasteiger partial charge on any atom is 0.187 e. The lowest BCUT2D eigenvalue weighted by atomic mass is 10.1. The maximum absolute atomic E-state index is 11.3. The van der Waals surface area contributed by atoms with Crippen molar-refractivity contribution in [3.05, 3.63) is 0 Å². The maximum atomic E-state index is 11.3. The zero-order valence-electron chi connectivity index (χ0n) is 8.63. The predicted molar refractivity (Wildman–Crippen MR) is 49.4 cm³/mol. The van der Waals surface area contributed by atoms with Gasteiger partial charge in [0, 0.05) is 0 Å². The summed E-state index contributed by atoms with van der Waals surface area (Å²) in [6.07, 6.45) is 2.70. The molecule has 1 fully saturated rings. The van der Waals surface area contributed by atoms with E-state index in [9.17, 15) is 4.79 Å². The molecule has 1 aliphatic rings. The van der Waals surface area contributed by atoms with Gasteiger partial charge in [0.2, 0.25) is 0 Å². The van der Waals surface area contributed by atoms with Crippen LogP contribution < -0.4 is 0 Å². The Labute approximate surface area is 79.4 Å². The van der Waals surface area contributed by atoms with Crippen molar-refractivity contribution >= 4 is 5.78 Å². The van der Waals surface area contributed by atoms with Crippen LogP contribution in [-0.4, -0.2) is 24.3 Å². The predicted octanol–water partition coefficient (Wildman–Crippen LogP) is 1.90. The Hall–Kier alpha value is -0.410. The molecule has 1 heterocycles. The van der Waals surface area contributed by atoms with Gasteiger partial charge in [-0.3, -0.25) is 4.79 Å². The quantitative estimate of drug-likeness (QED) is 0.675. The average Bonchev–Trinajstić information content (AvgIpc) is 2.07. The third kappa shape index (κ3) is 3.08. The summed E-state index contributed by atoms with van der Waals surface area (Å²) >= 11 is 0. The van der Waals surface area contributed by atoms with Crippen molar-refractivity contribution in [3.63, 3.8) is 0 Å². The minimum atomic E-state index is -0.591. The molecule has 1 saturated heterocycles. The van der Waals surface area contributed by atoms with Gasteiger partial charge in [0.1, 0.15) is 12.7 Å². The largest absolute Gasteiger partial charge is 0.343 e. The van der Waals surface area contributed by atoms with E-state index < -0.39 is 5.79 Å². The Balaban J connectivity index is 2.45. The van der Waals surface area contributed by atoms with Gasteiger partial charge in [-0.1, -0.05) is 19.8 Å². The van der Waals surface area contributed by atoms with Crippen LogP contribution in [-0.2, 0) is 14.3 Å². The fourth-order valence-corrected chi connectivity index (χ4v) is 1.39. The molecule has 0 N–H and O–H groups in total. The van der Waals surface area contributed by atoms with E-state index in [0.29, 0.717) is 0 Å². The van der Waals surface area contributed by atoms with Crippen molar-refractivity contribution in [3.8, 4) is 0 Å². The molecule has 0 amide bonds. The first-order valence-electron chi connectivity index (χ1n) is 4.89. The highest BCUT2D eigenvalue weighted by Crippen LogP contribution is 2.22. The standard InChI is InChI=1S/C10H18O3/c1-4-5-6-9-8(11)7-12-10(2,3)13-9/h9H,4-7H2,1-3H3/t9-/m0/s1. The molecule has 3 heteroatoms. The minimum Gasteiger partial charge on any atom is -0.343 e. The van der Waals surface area contributed by atoms with E-state index in [-0.39, 0.29) is 18.5 Å². The molecule has 1 rings (SSSR count). The van der Waals surface area contributed by atoms with E-state index in [0.717, 1.165) is 19.3 Å². The molecule has 0 unspecified atom stereocenters. The zero-order valence-corrected chi connectivity index (χ0v) is 8.63. The van der Waals surface area contributed by atoms with Crippen molar-refractivity contribution in [1.29, 1.82) is 0 Å². The third-order valence-electron chi connectivity index (χ3n) is 2.17. The Bertz CT molecular complexity index is 187. The summed E-state index contributed by atoms with van der Waals surface area (Å²) in [4.78, 5) is 11.3. The van der Waals surface area contributed by atoms with Gasteiger partial charge in [0.15, 0.2) is 11.6 Å². The second-order valence-electron chi connectivity index (χ2n) is 3.90. The SMILES string of the molecule is CCCC[C@@H]1OC(C)(C)OCC1=O. The molecule has 3 nitrogen and oxygen atoms in total. The van der Waals surface area contributed by atoms with Crippen LogP contribution >= 0.6 is 0 Å². The lowest BCUT2D eigenvalue weighted by Gasteiger charge is -2.34. The highest BCUT2D eigenvalue weighted by Gasteiger charge is 2.34. The molecular formula is C10H18O3. The van der Waals surface area contributed by atoms with Crippen molar-refractivity contribution < 1.29 is 14.3 Å². The monoisotopic (exact) mass is 186 g/mol. The average molecular weight is 186 g/mol. The van der Waals surface area contributed by atoms with Crippen LogP contribution in [0.2, 0.25) is 0 Å². The van der Waals surface area contributed by atoms with E-state index in [1.807, 2.05) is 13.8 Å². The van der Waals surface area contributed by atoms with Gasteiger partial charge >= 0.3 is 0 Å². The molecule has 0 aromatic rings. The van der Waals surface area contributed by atoms with E-state index in [4.69, 9.17) is 9.47 Å². The smallest absolute Gasteiger partial charge is 0.187 e. The number of hydrogen-bond acceptors (Lipinski definition) is 3. The number of hydrogen-bond donors (Lipinski definition) is 0. The van der Waals surface area contributed by atoms with Crippen LogP contribution in [0.15, 0.2) is 0 Å². The molecule has 0 aromatic heterocycles. The molecule has 13 heavy (non-hydrogen) atoms. The minimum absolute atomic E-state index is 0.0766. The third-order valence-corrected chi connectivity index (χ3v) is 2.17. The molecule has 1 atom stereocenters. The summed E-state index contributed by atoms with van der Waals surface area (Å²) in [6, 6.07) is 0. The van der Waals surface area contributed by atoms with Gasteiger partial charge in [0.05, 0.1) is 0 Å². The summed E-state index contributed by atoms with van der Waals surface area (Å²) < 4.78 is 10.7. The second kappa shape index (κ2) is 4.20. The van der Waals surface area contributed by atoms with Crippen LogP contribution in [0.25, 0.3) is 0 Å². The first kappa shape index (κ1) is 10.7. The van der Waals surface area contributed by atoms with Crippen LogP contribution in [0.4, 0.5) is 0 Å². The fraction of sp³-hybridized carbons (Fsp3) is 0.900. The zero-order chi connectivity index (χ0) is 9.90. The van der Waals surface area contributed by atoms with Crippen molar-refractivity contribution in [2.24, 2.45) is 0 Å². The first-order valence-corrected chi connectivity index (χ1v) is 4.89. The summed E-state index contributed by atoms with van der Waals surface area (Å²) in [6.45, 7) is 5.99. The highest BCUT2D eigenvalue weighted by molar-refractivity contribution is 5.84. The van der Waals surface area contributed by atoms with Gasteiger partial charge in [-0.2, -0.15) is 0 Å². The van der Waals surface area contributed by atoms with Crippen LogP contribution in [0.3, 0.4) is 0 Å². The topological polar surface area (TPSA) is 35.5 Å². The van der Waals surface area contributed by atoms with Gasteiger partial charge < -0.3 is 9.47 Å². The Morgan fingerprint density at radius 3 is 2.85 bits per heavy atom. The second-order valence-corrected chi connectivity index (χ2v) is 3.90. The van der Waals surface area contributed by atoms with Gasteiger partial charge in [-0.25, -0.2) is 0 Å². The van der Waals surface area contributed by atoms with Gasteiger partial charge in [-0.05, 0) is 20.3 Å². The van der Waals surface area contributed by atoms with Gasteiger partial charge in [-0.15, -0.1) is 0 Å². The molecule has 76 valence electrons. The molecule has 0 bridgehead atoms. The Morgan fingerprint density at radius 2 is 2.23 bits per heavy atom. The first-order chi connectivity index (χ1) is 6.05. The molecule has 0 spiro atoms. The summed E-state index contributed by atoms with van der Waals surface area (Å²) in [5.74, 6) is -0.514. The van der Waals surface area contributed by atoms with E-state index >= 15 is 0 Å². The van der Waals surface area contributed by atoms with Crippen LogP contribution in [0.5, 0.6) is 0 Å². The summed E-state index contributed by atoms with van der Waals surface area (Å²) in [5, 5.41) is 0. The number of ether oxygens (including phenoxy) is 2. The van der Waals surface area contributed by atoms with E-state index in [1.54, 1.807) is 0 Å². The fourth-order valence-electron chi connectivity index (χ4n) is 1.39. The number of ketones is 1. The Kier molecular flexibility index (Phi) is 3.45. The molecule has 0 radical (unpaired) electrons. The number of unbranched alkanes of at least 4 members (excludes halogenated alkanes) is 1. The molecule has 1 aliphatic heterocycles. The van der Waals surface area contributed by atoms with Crippen molar-refractivity contribution in [1.82, 2.24) is 0 Å². The number of carbonyl (C=O) groups is 1. The number of rotatable bonds is 3. The van der Waals surface area contributed by atoms with Gasteiger partial charge in [0.25, 0.3) is 0 Å². The van der Waals surface area contributed by atoms with E-state index in [2.05, 4.69) is 6.92 Å². The van der Waals surface area contributed by atoms with Crippen molar-refractivity contribution in [2.75, 3.05) is 6.61 Å². The summed E-state index contributed by atoms with van der Waals surface area (Å²) in [7, 11) is 0. The highest BCUT2D eigenvalue weighted by atomic mass is 16.7. The lowest BCUT2D eigenvalue weighted by molar-refractivity contribution is -0.259. The Morgan fingerprint density at radius 1 is 1.54 bits per heavy atom. The van der Waals surface area contributed by atoms with Crippen LogP contribution in [0, 0.1) is 0 Å². The molecular weight excluding hydrogens is 168 g/mol. The summed E-state index contributed by atoms with van der Waals surface area (Å²) in [5.41, 5.74) is 0. The molecule has 0 saturated carbocycles. The van der Waals surface area contributed by atoms with Crippen LogP contribution in [0.1, 0.15) is 40.0 Å². The normalized spacial score (nSPS) is 27.6.